The molecule has 0 radical (unpaired) electrons. The average molecular weight is 351 g/mol. The number of carbonyl (C=O) groups is 1. The van der Waals surface area contributed by atoms with Gasteiger partial charge in [-0.25, -0.2) is 0 Å². The Labute approximate surface area is 149 Å². The molecule has 1 heterocycles. The van der Waals surface area contributed by atoms with Gasteiger partial charge in [0.2, 0.25) is 0 Å². The lowest BCUT2D eigenvalue weighted by molar-refractivity contribution is 0.102. The van der Waals surface area contributed by atoms with Crippen LogP contribution in [0.15, 0.2) is 52.7 Å². The number of amides is 1. The fraction of sp³-hybridized carbons (Fsp3) is 0.167. The predicted molar refractivity (Wildman–Crippen MR) is 99.1 cm³/mol. The molecule has 0 saturated heterocycles. The van der Waals surface area contributed by atoms with E-state index in [4.69, 9.17) is 0 Å². The van der Waals surface area contributed by atoms with Gasteiger partial charge >= 0.3 is 0 Å². The summed E-state index contributed by atoms with van der Waals surface area (Å²) in [7, 11) is 0. The number of azo groups is 1. The van der Waals surface area contributed by atoms with Crippen LogP contribution >= 0.6 is 11.5 Å². The number of nitrogens with zero attached hydrogens (tertiary/aromatic N) is 4. The molecule has 0 aliphatic rings. The smallest absolute Gasteiger partial charge is 0.269 e. The van der Waals surface area contributed by atoms with Gasteiger partial charge in [0.1, 0.15) is 4.88 Å². The largest absolute Gasteiger partial charge is 0.321 e. The minimum Gasteiger partial charge on any atom is -0.321 e. The molecule has 0 atom stereocenters. The summed E-state index contributed by atoms with van der Waals surface area (Å²) in [6.07, 6.45) is 0. The van der Waals surface area contributed by atoms with Crippen molar-refractivity contribution in [2.24, 2.45) is 10.2 Å². The Bertz CT molecular complexity index is 948. The van der Waals surface area contributed by atoms with E-state index in [0.29, 0.717) is 10.6 Å². The Morgan fingerprint density at radius 2 is 1.84 bits per heavy atom. The van der Waals surface area contributed by atoms with Crippen molar-refractivity contribution in [3.05, 3.63) is 64.2 Å². The standard InChI is InChI=1S/C18H17N5OS/c1-11-6-4-5-7-16(11)22-21-14-8-9-15(12(2)10-14)19-18(24)17-13(3)20-23-25-17/h4-10H,1-3H3,(H,19,24). The summed E-state index contributed by atoms with van der Waals surface area (Å²) >= 11 is 1.09. The quantitative estimate of drug-likeness (QED) is 0.662. The van der Waals surface area contributed by atoms with Gasteiger partial charge in [-0.2, -0.15) is 10.2 Å². The molecule has 1 amide bonds. The monoisotopic (exact) mass is 351 g/mol. The zero-order valence-corrected chi connectivity index (χ0v) is 15.0. The minimum absolute atomic E-state index is 0.204. The van der Waals surface area contributed by atoms with Gasteiger partial charge in [-0.05, 0) is 67.7 Å². The molecule has 1 N–H and O–H groups in total. The van der Waals surface area contributed by atoms with Crippen molar-refractivity contribution in [2.75, 3.05) is 5.32 Å². The van der Waals surface area contributed by atoms with Crippen molar-refractivity contribution >= 4 is 34.5 Å². The first kappa shape index (κ1) is 16.9. The second kappa shape index (κ2) is 7.31. The summed E-state index contributed by atoms with van der Waals surface area (Å²) in [4.78, 5) is 12.8. The predicted octanol–water partition coefficient (Wildman–Crippen LogP) is 5.13. The summed E-state index contributed by atoms with van der Waals surface area (Å²) in [5.41, 5.74) is 4.90. The molecule has 0 aliphatic heterocycles. The van der Waals surface area contributed by atoms with E-state index in [1.165, 1.54) is 0 Å². The molecular weight excluding hydrogens is 334 g/mol. The third kappa shape index (κ3) is 3.95. The minimum atomic E-state index is -0.204. The highest BCUT2D eigenvalue weighted by atomic mass is 32.1. The molecular formula is C18H17N5OS. The average Bonchev–Trinajstić information content (AvgIpc) is 3.02. The maximum absolute atomic E-state index is 12.3. The van der Waals surface area contributed by atoms with Gasteiger partial charge in [-0.3, -0.25) is 4.79 Å². The molecule has 0 saturated carbocycles. The zero-order chi connectivity index (χ0) is 17.8. The van der Waals surface area contributed by atoms with Crippen molar-refractivity contribution in [1.82, 2.24) is 9.59 Å². The van der Waals surface area contributed by atoms with Crippen molar-refractivity contribution in [3.8, 4) is 0 Å². The Balaban J connectivity index is 1.76. The number of hydrogen-bond acceptors (Lipinski definition) is 6. The molecule has 3 rings (SSSR count). The molecule has 0 unspecified atom stereocenters. The van der Waals surface area contributed by atoms with Gasteiger partial charge in [-0.15, -0.1) is 5.10 Å². The van der Waals surface area contributed by atoms with Gasteiger partial charge < -0.3 is 5.32 Å². The van der Waals surface area contributed by atoms with Crippen LogP contribution in [0, 0.1) is 20.8 Å². The summed E-state index contributed by atoms with van der Waals surface area (Å²) in [5.74, 6) is -0.204. The van der Waals surface area contributed by atoms with Crippen LogP contribution in [0.4, 0.5) is 17.1 Å². The summed E-state index contributed by atoms with van der Waals surface area (Å²) in [5, 5.41) is 15.3. The first-order valence-electron chi connectivity index (χ1n) is 7.73. The highest BCUT2D eigenvalue weighted by Crippen LogP contribution is 2.25. The van der Waals surface area contributed by atoms with E-state index in [1.54, 1.807) is 6.92 Å². The summed E-state index contributed by atoms with van der Waals surface area (Å²) in [6, 6.07) is 13.3. The Morgan fingerprint density at radius 3 is 2.52 bits per heavy atom. The third-order valence-corrected chi connectivity index (χ3v) is 4.53. The van der Waals surface area contributed by atoms with Crippen molar-refractivity contribution < 1.29 is 4.79 Å². The van der Waals surface area contributed by atoms with Crippen LogP contribution in [0.25, 0.3) is 0 Å². The van der Waals surface area contributed by atoms with Crippen LogP contribution in [0.2, 0.25) is 0 Å². The number of aromatic nitrogens is 2. The van der Waals surface area contributed by atoms with Crippen LogP contribution in [0.5, 0.6) is 0 Å². The Hall–Kier alpha value is -2.93. The molecule has 0 fully saturated rings. The summed E-state index contributed by atoms with van der Waals surface area (Å²) in [6.45, 7) is 5.68. The van der Waals surface area contributed by atoms with Gasteiger partial charge in [-0.1, -0.05) is 22.7 Å². The third-order valence-electron chi connectivity index (χ3n) is 3.70. The highest BCUT2D eigenvalue weighted by Gasteiger charge is 2.14. The normalized spacial score (nSPS) is 11.0. The number of hydrogen-bond donors (Lipinski definition) is 1. The second-order valence-corrected chi connectivity index (χ2v) is 6.38. The van der Waals surface area contributed by atoms with Crippen LogP contribution in [-0.2, 0) is 0 Å². The van der Waals surface area contributed by atoms with Crippen molar-refractivity contribution in [1.29, 1.82) is 0 Å². The number of rotatable bonds is 4. The van der Waals surface area contributed by atoms with Crippen LogP contribution in [-0.4, -0.2) is 15.5 Å². The fourth-order valence-corrected chi connectivity index (χ4v) is 2.81. The molecule has 2 aromatic carbocycles. The fourth-order valence-electron chi connectivity index (χ4n) is 2.26. The van der Waals surface area contributed by atoms with E-state index in [0.717, 1.165) is 39.7 Å². The Kier molecular flexibility index (Phi) is 4.95. The number of carbonyl (C=O) groups excluding carboxylic acids is 1. The molecule has 7 heteroatoms. The number of nitrogens with one attached hydrogen (secondary N) is 1. The SMILES string of the molecule is Cc1ccccc1N=Nc1ccc(NC(=O)c2snnc2C)c(C)c1. The maximum atomic E-state index is 12.3. The van der Waals surface area contributed by atoms with E-state index in [1.807, 2.05) is 56.3 Å². The zero-order valence-electron chi connectivity index (χ0n) is 14.1. The van der Waals surface area contributed by atoms with E-state index < -0.39 is 0 Å². The van der Waals surface area contributed by atoms with Gasteiger partial charge in [0.05, 0.1) is 17.1 Å². The number of anilines is 1. The maximum Gasteiger partial charge on any atom is 0.269 e. The van der Waals surface area contributed by atoms with Gasteiger partial charge in [0.15, 0.2) is 0 Å². The van der Waals surface area contributed by atoms with Gasteiger partial charge in [0, 0.05) is 5.69 Å². The van der Waals surface area contributed by atoms with E-state index in [2.05, 4.69) is 25.1 Å². The van der Waals surface area contributed by atoms with E-state index in [9.17, 15) is 4.79 Å². The molecule has 0 spiro atoms. The number of benzene rings is 2. The van der Waals surface area contributed by atoms with Crippen LogP contribution in [0.1, 0.15) is 26.5 Å². The highest BCUT2D eigenvalue weighted by molar-refractivity contribution is 7.08. The van der Waals surface area contributed by atoms with Crippen molar-refractivity contribution in [2.45, 2.75) is 20.8 Å². The Morgan fingerprint density at radius 1 is 1.04 bits per heavy atom. The first-order valence-corrected chi connectivity index (χ1v) is 8.50. The molecule has 0 aliphatic carbocycles. The lowest BCUT2D eigenvalue weighted by Crippen LogP contribution is -2.12. The molecule has 25 heavy (non-hydrogen) atoms. The number of aryl methyl sites for hydroxylation is 3. The second-order valence-electron chi connectivity index (χ2n) is 5.63. The lowest BCUT2D eigenvalue weighted by atomic mass is 10.1. The van der Waals surface area contributed by atoms with Crippen LogP contribution in [0.3, 0.4) is 0 Å². The molecule has 1 aromatic heterocycles. The van der Waals surface area contributed by atoms with Crippen molar-refractivity contribution in [3.63, 3.8) is 0 Å². The molecule has 3 aromatic rings. The lowest BCUT2D eigenvalue weighted by Gasteiger charge is -2.08. The summed E-state index contributed by atoms with van der Waals surface area (Å²) < 4.78 is 3.78. The van der Waals surface area contributed by atoms with E-state index >= 15 is 0 Å². The van der Waals surface area contributed by atoms with Crippen LogP contribution < -0.4 is 5.32 Å². The molecule has 126 valence electrons. The molecule has 6 nitrogen and oxygen atoms in total. The first-order chi connectivity index (χ1) is 12.0. The van der Waals surface area contributed by atoms with Gasteiger partial charge in [0.25, 0.3) is 5.91 Å². The topological polar surface area (TPSA) is 79.6 Å². The molecule has 0 bridgehead atoms. The van der Waals surface area contributed by atoms with E-state index in [-0.39, 0.29) is 5.91 Å².